The van der Waals surface area contributed by atoms with Crippen LogP contribution in [0.1, 0.15) is 5.69 Å². The van der Waals surface area contributed by atoms with E-state index in [9.17, 15) is 4.39 Å². The Labute approximate surface area is 113 Å². The maximum Gasteiger partial charge on any atom is 0.148 e. The molecule has 2 heterocycles. The van der Waals surface area contributed by atoms with Gasteiger partial charge in [0.2, 0.25) is 0 Å². The van der Waals surface area contributed by atoms with Gasteiger partial charge in [-0.05, 0) is 23.6 Å². The highest BCUT2D eigenvalue weighted by Crippen LogP contribution is 2.29. The first kappa shape index (κ1) is 12.0. The van der Waals surface area contributed by atoms with E-state index in [1.807, 2.05) is 17.5 Å². The van der Waals surface area contributed by atoms with Gasteiger partial charge >= 0.3 is 0 Å². The van der Waals surface area contributed by atoms with Crippen molar-refractivity contribution >= 4 is 11.3 Å². The second-order valence-electron chi connectivity index (χ2n) is 3.93. The van der Waals surface area contributed by atoms with Crippen LogP contribution in [0, 0.1) is 5.82 Å². The molecule has 0 amide bonds. The summed E-state index contributed by atoms with van der Waals surface area (Å²) >= 11 is 1.55. The summed E-state index contributed by atoms with van der Waals surface area (Å²) in [6.07, 6.45) is 0. The smallest absolute Gasteiger partial charge is 0.148 e. The van der Waals surface area contributed by atoms with Crippen molar-refractivity contribution in [3.05, 3.63) is 53.3 Å². The van der Waals surface area contributed by atoms with Gasteiger partial charge in [0, 0.05) is 6.54 Å². The molecule has 0 aliphatic carbocycles. The maximum absolute atomic E-state index is 13.9. The summed E-state index contributed by atoms with van der Waals surface area (Å²) in [6, 6.07) is 10.3. The second kappa shape index (κ2) is 4.91. The van der Waals surface area contributed by atoms with E-state index in [0.717, 1.165) is 10.6 Å². The van der Waals surface area contributed by atoms with Crippen molar-refractivity contribution in [1.29, 1.82) is 0 Å². The zero-order valence-electron chi connectivity index (χ0n) is 9.95. The molecule has 6 heteroatoms. The predicted octanol–water partition coefficient (Wildman–Crippen LogP) is 2.59. The van der Waals surface area contributed by atoms with Gasteiger partial charge in [-0.25, -0.2) is 9.07 Å². The molecule has 4 nitrogen and oxygen atoms in total. The largest absolute Gasteiger partial charge is 0.325 e. The van der Waals surface area contributed by atoms with Gasteiger partial charge in [-0.2, -0.15) is 0 Å². The molecule has 0 radical (unpaired) electrons. The Bertz CT molecular complexity index is 690. The lowest BCUT2D eigenvalue weighted by molar-refractivity contribution is 0.608. The van der Waals surface area contributed by atoms with Crippen molar-refractivity contribution in [2.75, 3.05) is 0 Å². The van der Waals surface area contributed by atoms with Gasteiger partial charge in [0.15, 0.2) is 0 Å². The molecule has 0 fully saturated rings. The highest BCUT2D eigenvalue weighted by atomic mass is 32.1. The molecule has 0 atom stereocenters. The van der Waals surface area contributed by atoms with Crippen LogP contribution in [0.25, 0.3) is 16.3 Å². The molecule has 3 rings (SSSR count). The Morgan fingerprint density at radius 3 is 2.74 bits per heavy atom. The summed E-state index contributed by atoms with van der Waals surface area (Å²) in [7, 11) is 0. The average Bonchev–Trinajstić information content (AvgIpc) is 3.07. The molecule has 0 aliphatic rings. The second-order valence-corrected chi connectivity index (χ2v) is 4.88. The number of benzene rings is 1. The first-order valence-electron chi connectivity index (χ1n) is 5.74. The van der Waals surface area contributed by atoms with Crippen LogP contribution < -0.4 is 5.73 Å². The molecule has 0 unspecified atom stereocenters. The van der Waals surface area contributed by atoms with E-state index >= 15 is 0 Å². The molecule has 0 saturated heterocycles. The van der Waals surface area contributed by atoms with E-state index in [1.54, 1.807) is 29.5 Å². The predicted molar refractivity (Wildman–Crippen MR) is 72.5 cm³/mol. The molecule has 2 N–H and O–H groups in total. The van der Waals surface area contributed by atoms with Crippen LogP contribution in [0.15, 0.2) is 41.8 Å². The molecule has 19 heavy (non-hydrogen) atoms. The van der Waals surface area contributed by atoms with E-state index < -0.39 is 0 Å². The third-order valence-electron chi connectivity index (χ3n) is 2.77. The Morgan fingerprint density at radius 2 is 2.05 bits per heavy atom. The highest BCUT2D eigenvalue weighted by molar-refractivity contribution is 7.13. The van der Waals surface area contributed by atoms with E-state index in [2.05, 4.69) is 10.3 Å². The Balaban J connectivity index is 2.23. The monoisotopic (exact) mass is 274 g/mol. The van der Waals surface area contributed by atoms with E-state index in [-0.39, 0.29) is 12.4 Å². The first-order valence-corrected chi connectivity index (χ1v) is 6.62. The fourth-order valence-electron chi connectivity index (χ4n) is 1.90. The molecular formula is C13H11FN4S. The summed E-state index contributed by atoms with van der Waals surface area (Å²) in [4.78, 5) is 0.966. The minimum Gasteiger partial charge on any atom is -0.325 e. The SMILES string of the molecule is NCc1nnn(-c2ccccc2F)c1-c1cccs1. The minimum absolute atomic E-state index is 0.266. The Kier molecular flexibility index (Phi) is 3.10. The minimum atomic E-state index is -0.339. The van der Waals surface area contributed by atoms with Crippen LogP contribution in [-0.4, -0.2) is 15.0 Å². The summed E-state index contributed by atoms with van der Waals surface area (Å²) in [5.74, 6) is -0.339. The number of aromatic nitrogens is 3. The lowest BCUT2D eigenvalue weighted by Crippen LogP contribution is -2.03. The average molecular weight is 274 g/mol. The zero-order chi connectivity index (χ0) is 13.2. The lowest BCUT2D eigenvalue weighted by Gasteiger charge is -2.06. The summed E-state index contributed by atoms with van der Waals surface area (Å²) in [6.45, 7) is 0.266. The van der Waals surface area contributed by atoms with E-state index in [4.69, 9.17) is 5.73 Å². The normalized spacial score (nSPS) is 10.8. The van der Waals surface area contributed by atoms with Crippen molar-refractivity contribution in [1.82, 2.24) is 15.0 Å². The van der Waals surface area contributed by atoms with Gasteiger partial charge in [0.25, 0.3) is 0 Å². The van der Waals surface area contributed by atoms with Crippen molar-refractivity contribution < 1.29 is 4.39 Å². The Hall–Kier alpha value is -2.05. The van der Waals surface area contributed by atoms with Gasteiger partial charge in [0.05, 0.1) is 4.88 Å². The van der Waals surface area contributed by atoms with Gasteiger partial charge in [-0.1, -0.05) is 23.4 Å². The Morgan fingerprint density at radius 1 is 1.21 bits per heavy atom. The van der Waals surface area contributed by atoms with E-state index in [0.29, 0.717) is 11.4 Å². The van der Waals surface area contributed by atoms with Gasteiger partial charge in [-0.15, -0.1) is 16.4 Å². The number of nitrogens with zero attached hydrogens (tertiary/aromatic N) is 3. The molecule has 0 spiro atoms. The molecule has 1 aromatic carbocycles. The number of hydrogen-bond donors (Lipinski definition) is 1. The number of rotatable bonds is 3. The quantitative estimate of drug-likeness (QED) is 0.798. The lowest BCUT2D eigenvalue weighted by atomic mass is 10.2. The number of para-hydroxylation sites is 1. The highest BCUT2D eigenvalue weighted by Gasteiger charge is 2.17. The molecule has 0 saturated carbocycles. The fourth-order valence-corrected chi connectivity index (χ4v) is 2.68. The van der Waals surface area contributed by atoms with Gasteiger partial charge < -0.3 is 5.73 Å². The summed E-state index contributed by atoms with van der Waals surface area (Å²) < 4.78 is 15.4. The van der Waals surface area contributed by atoms with Gasteiger partial charge in [-0.3, -0.25) is 0 Å². The van der Waals surface area contributed by atoms with Crippen molar-refractivity contribution in [2.45, 2.75) is 6.54 Å². The van der Waals surface area contributed by atoms with Crippen LogP contribution >= 0.6 is 11.3 Å². The third-order valence-corrected chi connectivity index (χ3v) is 3.65. The standard InChI is InChI=1S/C13H11FN4S/c14-9-4-1-2-5-11(9)18-13(10(8-15)16-17-18)12-6-3-7-19-12/h1-7H,8,15H2. The number of hydrogen-bond acceptors (Lipinski definition) is 4. The van der Waals surface area contributed by atoms with Crippen LogP contribution in [0.4, 0.5) is 4.39 Å². The van der Waals surface area contributed by atoms with Crippen molar-refractivity contribution in [3.8, 4) is 16.3 Å². The van der Waals surface area contributed by atoms with Crippen LogP contribution in [-0.2, 0) is 6.54 Å². The van der Waals surface area contributed by atoms with Gasteiger partial charge in [0.1, 0.15) is 22.9 Å². The van der Waals surface area contributed by atoms with Crippen molar-refractivity contribution in [2.24, 2.45) is 5.73 Å². The van der Waals surface area contributed by atoms with Crippen molar-refractivity contribution in [3.63, 3.8) is 0 Å². The molecule has 0 bridgehead atoms. The number of thiophene rings is 1. The maximum atomic E-state index is 13.9. The van der Waals surface area contributed by atoms with Crippen LogP contribution in [0.3, 0.4) is 0 Å². The molecule has 96 valence electrons. The molecule has 3 aromatic rings. The molecule has 0 aliphatic heterocycles. The zero-order valence-corrected chi connectivity index (χ0v) is 10.8. The first-order chi connectivity index (χ1) is 9.31. The number of nitrogens with two attached hydrogens (primary N) is 1. The van der Waals surface area contributed by atoms with Crippen LogP contribution in [0.2, 0.25) is 0 Å². The fraction of sp³-hybridized carbons (Fsp3) is 0.0769. The third kappa shape index (κ3) is 2.05. The number of halogens is 1. The molecule has 2 aromatic heterocycles. The molecular weight excluding hydrogens is 263 g/mol. The van der Waals surface area contributed by atoms with E-state index in [1.165, 1.54) is 10.7 Å². The van der Waals surface area contributed by atoms with Crippen LogP contribution in [0.5, 0.6) is 0 Å². The summed E-state index contributed by atoms with van der Waals surface area (Å²) in [5.41, 5.74) is 7.46. The summed E-state index contributed by atoms with van der Waals surface area (Å²) in [5, 5.41) is 10.0. The topological polar surface area (TPSA) is 56.7 Å².